The van der Waals surface area contributed by atoms with E-state index in [0.717, 1.165) is 24.2 Å². The molecule has 4 heteroatoms. The fourth-order valence-corrected chi connectivity index (χ4v) is 2.42. The van der Waals surface area contributed by atoms with Crippen LogP contribution >= 0.6 is 0 Å². The highest BCUT2D eigenvalue weighted by molar-refractivity contribution is 5.68. The summed E-state index contributed by atoms with van der Waals surface area (Å²) in [5.74, 6) is 1.32. The molecule has 20 heavy (non-hydrogen) atoms. The van der Waals surface area contributed by atoms with Gasteiger partial charge in [-0.2, -0.15) is 0 Å². The maximum absolute atomic E-state index is 11.7. The fourth-order valence-electron chi connectivity index (χ4n) is 2.42. The normalized spacial score (nSPS) is 17.9. The summed E-state index contributed by atoms with van der Waals surface area (Å²) >= 11 is 0. The van der Waals surface area contributed by atoms with Crippen molar-refractivity contribution in [3.8, 4) is 5.75 Å². The first-order chi connectivity index (χ1) is 9.61. The summed E-state index contributed by atoms with van der Waals surface area (Å²) in [6, 6.07) is 6.21. The molecular formula is C16H23NO3. The van der Waals surface area contributed by atoms with E-state index in [2.05, 4.69) is 31.3 Å². The third-order valence-corrected chi connectivity index (χ3v) is 3.54. The predicted octanol–water partition coefficient (Wildman–Crippen LogP) is 3.77. The van der Waals surface area contributed by atoms with Gasteiger partial charge in [-0.15, -0.1) is 0 Å². The molecule has 1 aromatic carbocycles. The highest BCUT2D eigenvalue weighted by Crippen LogP contribution is 2.34. The van der Waals surface area contributed by atoms with Gasteiger partial charge in [0.15, 0.2) is 0 Å². The van der Waals surface area contributed by atoms with Crippen molar-refractivity contribution in [3.05, 3.63) is 29.3 Å². The maximum Gasteiger partial charge on any atom is 0.407 e. The number of carbonyl (C=O) groups is 1. The van der Waals surface area contributed by atoms with Crippen molar-refractivity contribution in [2.24, 2.45) is 0 Å². The lowest BCUT2D eigenvalue weighted by Gasteiger charge is -2.19. The Balaban J connectivity index is 2.26. The van der Waals surface area contributed by atoms with Crippen LogP contribution in [0.25, 0.3) is 0 Å². The molecule has 0 bridgehead atoms. The van der Waals surface area contributed by atoms with Gasteiger partial charge in [0.1, 0.15) is 5.75 Å². The van der Waals surface area contributed by atoms with Crippen molar-refractivity contribution in [2.75, 3.05) is 13.2 Å². The van der Waals surface area contributed by atoms with Gasteiger partial charge in [-0.1, -0.05) is 19.9 Å². The molecule has 0 saturated carbocycles. The lowest BCUT2D eigenvalue weighted by atomic mass is 9.95. The molecule has 0 fully saturated rings. The second-order valence-corrected chi connectivity index (χ2v) is 5.36. The van der Waals surface area contributed by atoms with Gasteiger partial charge in [-0.3, -0.25) is 0 Å². The number of rotatable bonds is 3. The fraction of sp³-hybridized carbons (Fsp3) is 0.562. The zero-order valence-electron chi connectivity index (χ0n) is 12.4. The number of hydrogen-bond acceptors (Lipinski definition) is 3. The van der Waals surface area contributed by atoms with Gasteiger partial charge in [0.2, 0.25) is 0 Å². The second kappa shape index (κ2) is 6.64. The van der Waals surface area contributed by atoms with E-state index in [1.54, 1.807) is 6.92 Å². The molecule has 1 atom stereocenters. The third-order valence-electron chi connectivity index (χ3n) is 3.54. The summed E-state index contributed by atoms with van der Waals surface area (Å²) in [7, 11) is 0. The van der Waals surface area contributed by atoms with Crippen LogP contribution in [0.4, 0.5) is 4.79 Å². The summed E-state index contributed by atoms with van der Waals surface area (Å²) in [5.41, 5.74) is 2.31. The molecule has 1 amide bonds. The van der Waals surface area contributed by atoms with E-state index in [4.69, 9.17) is 9.47 Å². The SMILES string of the molecule is CCOC(=O)NC1CCCOc2ccc(C(C)C)cc21. The first kappa shape index (κ1) is 14.7. The molecule has 1 heterocycles. The van der Waals surface area contributed by atoms with Crippen molar-refractivity contribution in [1.29, 1.82) is 0 Å². The molecule has 1 unspecified atom stereocenters. The Hall–Kier alpha value is -1.71. The van der Waals surface area contributed by atoms with E-state index in [-0.39, 0.29) is 12.1 Å². The van der Waals surface area contributed by atoms with Crippen molar-refractivity contribution in [3.63, 3.8) is 0 Å². The Kier molecular flexibility index (Phi) is 4.88. The number of amides is 1. The molecule has 0 radical (unpaired) electrons. The molecule has 1 aliphatic rings. The molecule has 4 nitrogen and oxygen atoms in total. The van der Waals surface area contributed by atoms with Crippen LogP contribution in [-0.4, -0.2) is 19.3 Å². The summed E-state index contributed by atoms with van der Waals surface area (Å²) in [5, 5.41) is 2.94. The van der Waals surface area contributed by atoms with E-state index in [9.17, 15) is 4.79 Å². The minimum absolute atomic E-state index is 0.0368. The van der Waals surface area contributed by atoms with Crippen molar-refractivity contribution in [2.45, 2.75) is 45.6 Å². The second-order valence-electron chi connectivity index (χ2n) is 5.36. The Labute approximate surface area is 120 Å². The molecule has 0 aromatic heterocycles. The van der Waals surface area contributed by atoms with Crippen LogP contribution in [0, 0.1) is 0 Å². The highest BCUT2D eigenvalue weighted by Gasteiger charge is 2.22. The van der Waals surface area contributed by atoms with E-state index in [0.29, 0.717) is 19.1 Å². The van der Waals surface area contributed by atoms with Gasteiger partial charge in [0, 0.05) is 5.56 Å². The number of benzene rings is 1. The molecule has 1 N–H and O–H groups in total. The number of carbonyl (C=O) groups excluding carboxylic acids is 1. The van der Waals surface area contributed by atoms with Gasteiger partial charge >= 0.3 is 6.09 Å². The van der Waals surface area contributed by atoms with Crippen molar-refractivity contribution in [1.82, 2.24) is 5.32 Å². The number of hydrogen-bond donors (Lipinski definition) is 1. The summed E-state index contributed by atoms with van der Waals surface area (Å²) < 4.78 is 10.8. The van der Waals surface area contributed by atoms with Crippen LogP contribution in [0.1, 0.15) is 56.7 Å². The first-order valence-corrected chi connectivity index (χ1v) is 7.31. The number of ether oxygens (including phenoxy) is 2. The Bertz CT molecular complexity index is 471. The van der Waals surface area contributed by atoms with Gasteiger partial charge in [0.05, 0.1) is 19.3 Å². The average Bonchev–Trinajstić information content (AvgIpc) is 2.61. The predicted molar refractivity (Wildman–Crippen MR) is 78.2 cm³/mol. The van der Waals surface area contributed by atoms with Gasteiger partial charge in [0.25, 0.3) is 0 Å². The first-order valence-electron chi connectivity index (χ1n) is 7.31. The summed E-state index contributed by atoms with van der Waals surface area (Å²) in [6.07, 6.45) is 1.43. The van der Waals surface area contributed by atoms with Crippen LogP contribution in [0.15, 0.2) is 18.2 Å². The quantitative estimate of drug-likeness (QED) is 0.914. The van der Waals surface area contributed by atoms with Gasteiger partial charge < -0.3 is 14.8 Å². The lowest BCUT2D eigenvalue weighted by Crippen LogP contribution is -2.29. The molecule has 0 saturated heterocycles. The van der Waals surface area contributed by atoms with E-state index < -0.39 is 0 Å². The molecule has 110 valence electrons. The van der Waals surface area contributed by atoms with Crippen LogP contribution < -0.4 is 10.1 Å². The molecule has 1 aliphatic heterocycles. The molecular weight excluding hydrogens is 254 g/mol. The third kappa shape index (κ3) is 3.44. The average molecular weight is 277 g/mol. The zero-order chi connectivity index (χ0) is 14.5. The minimum atomic E-state index is -0.361. The standard InChI is InChI=1S/C16H23NO3/c1-4-19-16(18)17-14-6-5-9-20-15-8-7-12(11(2)3)10-13(14)15/h7-8,10-11,14H,4-6,9H2,1-3H3,(H,17,18). The number of nitrogens with one attached hydrogen (secondary N) is 1. The van der Waals surface area contributed by atoms with Crippen molar-refractivity contribution >= 4 is 6.09 Å². The minimum Gasteiger partial charge on any atom is -0.493 e. The zero-order valence-corrected chi connectivity index (χ0v) is 12.4. The summed E-state index contributed by atoms with van der Waals surface area (Å²) in [6.45, 7) is 7.20. The van der Waals surface area contributed by atoms with Crippen LogP contribution in [0.3, 0.4) is 0 Å². The monoisotopic (exact) mass is 277 g/mol. The Morgan fingerprint density at radius 3 is 3.00 bits per heavy atom. The van der Waals surface area contributed by atoms with E-state index >= 15 is 0 Å². The van der Waals surface area contributed by atoms with Crippen molar-refractivity contribution < 1.29 is 14.3 Å². The number of fused-ring (bicyclic) bond motifs is 1. The Morgan fingerprint density at radius 2 is 2.30 bits per heavy atom. The Morgan fingerprint density at radius 1 is 1.50 bits per heavy atom. The van der Waals surface area contributed by atoms with Crippen LogP contribution in [0.5, 0.6) is 5.75 Å². The maximum atomic E-state index is 11.7. The van der Waals surface area contributed by atoms with E-state index in [1.807, 2.05) is 6.07 Å². The summed E-state index contributed by atoms with van der Waals surface area (Å²) in [4.78, 5) is 11.7. The topological polar surface area (TPSA) is 47.6 Å². The van der Waals surface area contributed by atoms with Gasteiger partial charge in [-0.25, -0.2) is 4.79 Å². The molecule has 2 rings (SSSR count). The largest absolute Gasteiger partial charge is 0.493 e. The lowest BCUT2D eigenvalue weighted by molar-refractivity contribution is 0.147. The van der Waals surface area contributed by atoms with E-state index in [1.165, 1.54) is 5.56 Å². The van der Waals surface area contributed by atoms with Gasteiger partial charge in [-0.05, 0) is 43.4 Å². The van der Waals surface area contributed by atoms with Crippen LogP contribution in [0.2, 0.25) is 0 Å². The molecule has 0 aliphatic carbocycles. The highest BCUT2D eigenvalue weighted by atomic mass is 16.5. The molecule has 0 spiro atoms. The molecule has 1 aromatic rings. The number of alkyl carbamates (subject to hydrolysis) is 1. The smallest absolute Gasteiger partial charge is 0.407 e. The van der Waals surface area contributed by atoms with Crippen LogP contribution in [-0.2, 0) is 4.74 Å².